The van der Waals surface area contributed by atoms with Crippen molar-refractivity contribution in [1.82, 2.24) is 10.6 Å². The molecule has 1 atom stereocenters. The molecular weight excluding hydrogens is 432 g/mol. The van der Waals surface area contributed by atoms with E-state index in [1.165, 1.54) is 21.3 Å². The number of allylic oxidation sites excluding steroid dienone is 1. The number of benzene rings is 2. The Morgan fingerprint density at radius 1 is 1.03 bits per heavy atom. The second-order valence-corrected chi connectivity index (χ2v) is 7.29. The summed E-state index contributed by atoms with van der Waals surface area (Å²) in [6.07, 6.45) is 0. The van der Waals surface area contributed by atoms with Crippen LogP contribution in [0, 0.1) is 0 Å². The van der Waals surface area contributed by atoms with Gasteiger partial charge in [0.25, 0.3) is 0 Å². The number of methoxy groups -OCH3 is 3. The number of carbonyl (C=O) groups is 2. The second-order valence-electron chi connectivity index (χ2n) is 7.29. The van der Waals surface area contributed by atoms with Crippen LogP contribution in [0.1, 0.15) is 24.1 Å². The Morgan fingerprint density at radius 2 is 1.73 bits per heavy atom. The van der Waals surface area contributed by atoms with Crippen molar-refractivity contribution in [2.75, 3.05) is 28.1 Å². The van der Waals surface area contributed by atoms with E-state index in [0.29, 0.717) is 40.0 Å². The SMILES string of the molecule is COc1cc([C@@H]2NC(=O)NC(C)=C2C(=O)OCc2ccc3c(c2)OCO3)cc(OC)c1OC. The summed E-state index contributed by atoms with van der Waals surface area (Å²) in [6, 6.07) is 7.42. The third kappa shape index (κ3) is 4.32. The van der Waals surface area contributed by atoms with E-state index >= 15 is 0 Å². The largest absolute Gasteiger partial charge is 0.493 e. The number of ether oxygens (including phenoxy) is 6. The second kappa shape index (κ2) is 9.19. The Bertz CT molecular complexity index is 1100. The maximum absolute atomic E-state index is 13.1. The molecule has 2 aromatic rings. The van der Waals surface area contributed by atoms with Gasteiger partial charge < -0.3 is 39.1 Å². The molecule has 4 rings (SSSR count). The lowest BCUT2D eigenvalue weighted by Gasteiger charge is -2.29. The van der Waals surface area contributed by atoms with Crippen molar-refractivity contribution >= 4 is 12.0 Å². The number of hydrogen-bond acceptors (Lipinski definition) is 8. The van der Waals surface area contributed by atoms with E-state index in [0.717, 1.165) is 5.56 Å². The number of carbonyl (C=O) groups excluding carboxylic acids is 2. The Hall–Kier alpha value is -4.08. The Morgan fingerprint density at radius 3 is 2.39 bits per heavy atom. The average molecular weight is 456 g/mol. The van der Waals surface area contributed by atoms with E-state index in [1.807, 2.05) is 0 Å². The first-order valence-electron chi connectivity index (χ1n) is 10.1. The van der Waals surface area contributed by atoms with Crippen molar-refractivity contribution < 1.29 is 38.0 Å². The maximum Gasteiger partial charge on any atom is 0.338 e. The van der Waals surface area contributed by atoms with Gasteiger partial charge in [0.15, 0.2) is 23.0 Å². The fourth-order valence-electron chi connectivity index (χ4n) is 3.74. The van der Waals surface area contributed by atoms with E-state index in [9.17, 15) is 9.59 Å². The minimum Gasteiger partial charge on any atom is -0.493 e. The first-order valence-corrected chi connectivity index (χ1v) is 10.1. The number of rotatable bonds is 7. The Labute approximate surface area is 190 Å². The monoisotopic (exact) mass is 456 g/mol. The zero-order valence-corrected chi connectivity index (χ0v) is 18.6. The lowest BCUT2D eigenvalue weighted by atomic mass is 9.95. The summed E-state index contributed by atoms with van der Waals surface area (Å²) < 4.78 is 32.4. The van der Waals surface area contributed by atoms with Crippen LogP contribution < -0.4 is 34.3 Å². The summed E-state index contributed by atoms with van der Waals surface area (Å²) in [7, 11) is 4.47. The zero-order chi connectivity index (χ0) is 23.5. The van der Waals surface area contributed by atoms with Crippen molar-refractivity contribution in [3.63, 3.8) is 0 Å². The van der Waals surface area contributed by atoms with E-state index in [1.54, 1.807) is 37.3 Å². The molecule has 2 aliphatic rings. The predicted octanol–water partition coefficient (Wildman–Crippen LogP) is 2.81. The molecule has 0 bridgehead atoms. The summed E-state index contributed by atoms with van der Waals surface area (Å²) in [5, 5.41) is 5.40. The highest BCUT2D eigenvalue weighted by Crippen LogP contribution is 2.41. The van der Waals surface area contributed by atoms with Gasteiger partial charge in [-0.05, 0) is 42.3 Å². The van der Waals surface area contributed by atoms with Gasteiger partial charge >= 0.3 is 12.0 Å². The first-order chi connectivity index (χ1) is 15.9. The molecule has 0 aliphatic carbocycles. The van der Waals surface area contributed by atoms with Gasteiger partial charge in [0.2, 0.25) is 12.5 Å². The van der Waals surface area contributed by atoms with Crippen molar-refractivity contribution in [3.05, 3.63) is 52.7 Å². The molecule has 2 aliphatic heterocycles. The maximum atomic E-state index is 13.1. The van der Waals surface area contributed by atoms with Gasteiger partial charge in [-0.3, -0.25) is 0 Å². The fraction of sp³-hybridized carbons (Fsp3) is 0.304. The molecule has 33 heavy (non-hydrogen) atoms. The van der Waals surface area contributed by atoms with E-state index in [-0.39, 0.29) is 19.0 Å². The number of nitrogens with one attached hydrogen (secondary N) is 2. The Kier molecular flexibility index (Phi) is 6.16. The summed E-state index contributed by atoms with van der Waals surface area (Å²) in [5.41, 5.74) is 1.94. The van der Waals surface area contributed by atoms with Crippen LogP contribution in [-0.4, -0.2) is 40.1 Å². The van der Waals surface area contributed by atoms with Gasteiger partial charge in [0.1, 0.15) is 6.61 Å². The molecule has 0 spiro atoms. The summed E-state index contributed by atoms with van der Waals surface area (Å²) in [5.74, 6) is 1.84. The highest BCUT2D eigenvalue weighted by Gasteiger charge is 2.33. The summed E-state index contributed by atoms with van der Waals surface area (Å²) in [6.45, 7) is 1.82. The lowest BCUT2D eigenvalue weighted by Crippen LogP contribution is -2.45. The van der Waals surface area contributed by atoms with Crippen molar-refractivity contribution in [2.45, 2.75) is 19.6 Å². The molecule has 10 heteroatoms. The minimum absolute atomic E-state index is 0.0160. The van der Waals surface area contributed by atoms with E-state index < -0.39 is 18.0 Å². The average Bonchev–Trinajstić information content (AvgIpc) is 3.29. The molecule has 0 unspecified atom stereocenters. The number of amides is 2. The zero-order valence-electron chi connectivity index (χ0n) is 18.6. The number of fused-ring (bicyclic) bond motifs is 1. The highest BCUT2D eigenvalue weighted by molar-refractivity contribution is 5.95. The van der Waals surface area contributed by atoms with Crippen LogP contribution in [-0.2, 0) is 16.1 Å². The normalized spacial score (nSPS) is 16.6. The van der Waals surface area contributed by atoms with Gasteiger partial charge in [-0.15, -0.1) is 0 Å². The van der Waals surface area contributed by atoms with E-state index in [2.05, 4.69) is 10.6 Å². The van der Waals surface area contributed by atoms with Crippen molar-refractivity contribution in [1.29, 1.82) is 0 Å². The topological polar surface area (TPSA) is 114 Å². The van der Waals surface area contributed by atoms with Crippen LogP contribution in [0.4, 0.5) is 4.79 Å². The van der Waals surface area contributed by atoms with Crippen LogP contribution in [0.3, 0.4) is 0 Å². The fourth-order valence-corrected chi connectivity index (χ4v) is 3.74. The molecule has 0 fully saturated rings. The summed E-state index contributed by atoms with van der Waals surface area (Å²) in [4.78, 5) is 25.3. The highest BCUT2D eigenvalue weighted by atomic mass is 16.7. The van der Waals surface area contributed by atoms with E-state index in [4.69, 9.17) is 28.4 Å². The third-order valence-corrected chi connectivity index (χ3v) is 5.32. The van der Waals surface area contributed by atoms with Gasteiger partial charge in [-0.2, -0.15) is 0 Å². The van der Waals surface area contributed by atoms with Crippen LogP contribution in [0.2, 0.25) is 0 Å². The molecule has 174 valence electrons. The van der Waals surface area contributed by atoms with Crippen molar-refractivity contribution in [2.24, 2.45) is 0 Å². The molecule has 0 aromatic heterocycles. The molecule has 0 saturated carbocycles. The smallest absolute Gasteiger partial charge is 0.338 e. The molecule has 10 nitrogen and oxygen atoms in total. The molecule has 2 amide bonds. The quantitative estimate of drug-likeness (QED) is 0.612. The lowest BCUT2D eigenvalue weighted by molar-refractivity contribution is -0.140. The minimum atomic E-state index is -0.795. The molecule has 0 radical (unpaired) electrons. The molecule has 2 heterocycles. The van der Waals surface area contributed by atoms with Crippen LogP contribution in [0.15, 0.2) is 41.6 Å². The number of hydrogen-bond donors (Lipinski definition) is 2. The van der Waals surface area contributed by atoms with Crippen LogP contribution in [0.5, 0.6) is 28.7 Å². The summed E-state index contributed by atoms with van der Waals surface area (Å²) >= 11 is 0. The first kappa shape index (κ1) is 22.1. The standard InChI is InChI=1S/C23H24N2O8/c1-12-19(22(26)31-10-13-5-6-15-16(7-13)33-11-32-15)20(25-23(27)24-12)14-8-17(28-2)21(30-4)18(9-14)29-3/h5-9,20H,10-11H2,1-4H3,(H2,24,25,27)/t20-/m0/s1. The number of esters is 1. The third-order valence-electron chi connectivity index (χ3n) is 5.32. The predicted molar refractivity (Wildman–Crippen MR) is 116 cm³/mol. The van der Waals surface area contributed by atoms with Gasteiger partial charge in [0.05, 0.1) is 32.9 Å². The number of urea groups is 1. The van der Waals surface area contributed by atoms with Gasteiger partial charge in [-0.1, -0.05) is 6.07 Å². The molecule has 2 aromatic carbocycles. The molecule has 0 saturated heterocycles. The van der Waals surface area contributed by atoms with Gasteiger partial charge in [-0.25, -0.2) is 9.59 Å². The Balaban J connectivity index is 1.62. The molecular formula is C23H24N2O8. The van der Waals surface area contributed by atoms with Crippen molar-refractivity contribution in [3.8, 4) is 28.7 Å². The van der Waals surface area contributed by atoms with Crippen LogP contribution >= 0.6 is 0 Å². The van der Waals surface area contributed by atoms with Gasteiger partial charge in [0, 0.05) is 5.70 Å². The molecule has 2 N–H and O–H groups in total. The van der Waals surface area contributed by atoms with Crippen LogP contribution in [0.25, 0.3) is 0 Å².